The molecule has 13 aromatic carbocycles. The maximum atomic E-state index is 2.72. The maximum Gasteiger partial charge on any atom is 0.333 e. The second-order valence-corrected chi connectivity index (χ2v) is 19.1. The molecule has 69 heavy (non-hydrogen) atoms. The quantitative estimate of drug-likeness (QED) is 0.0976. The van der Waals surface area contributed by atoms with E-state index in [1.165, 1.54) is 142 Å². The molecule has 3 heteroatoms. The molecule has 0 saturated carbocycles. The van der Waals surface area contributed by atoms with Crippen LogP contribution in [-0.4, -0.2) is 11.3 Å². The van der Waals surface area contributed by atoms with Gasteiger partial charge in [-0.1, -0.05) is 182 Å². The zero-order chi connectivity index (χ0) is 44.9. The van der Waals surface area contributed by atoms with Crippen LogP contribution in [0.1, 0.15) is 0 Å². The summed E-state index contributed by atoms with van der Waals surface area (Å²) in [5.41, 5.74) is 16.1. The minimum Gasteiger partial charge on any atom is -0.375 e. The highest BCUT2D eigenvalue weighted by molar-refractivity contribution is 6.90. The van der Waals surface area contributed by atoms with E-state index in [9.17, 15) is 0 Å². The van der Waals surface area contributed by atoms with Crippen LogP contribution in [0.25, 0.3) is 120 Å². The minimum absolute atomic E-state index is 0.110. The average Bonchev–Trinajstić information content (AvgIpc) is 3.77. The molecule has 1 aromatic heterocycles. The standard InChI is InChI=1S/C66H39BN2/c1-3-17-40(18-4-1)44-31-45(41-19-5-2-6-20-41)33-48(32-44)68-61-39-47-36-57-54-28-14-12-26-52(54)51-25-11-13-27-53(51)56(57)35-46(47)37-59(61)67-65-62(68)38-43-22-8-9-23-49(43)63(65)58-34-42-21-7-10-24-50(42)64-55-29-15-16-30-60(55)69(67)66(58)64/h1-39H. The Hall–Kier alpha value is -8.92. The van der Waals surface area contributed by atoms with Crippen LogP contribution in [0.2, 0.25) is 0 Å². The molecule has 0 aliphatic carbocycles. The molecule has 0 saturated heterocycles. The molecule has 3 heterocycles. The zero-order valence-electron chi connectivity index (χ0n) is 37.5. The summed E-state index contributed by atoms with van der Waals surface area (Å²) in [4.78, 5) is 2.62. The molecule has 16 rings (SSSR count). The minimum atomic E-state index is -0.110. The lowest BCUT2D eigenvalue weighted by atomic mass is 9.44. The Morgan fingerprint density at radius 3 is 1.45 bits per heavy atom. The first-order chi connectivity index (χ1) is 34.2. The largest absolute Gasteiger partial charge is 0.375 e. The number of anilines is 3. The van der Waals surface area contributed by atoms with E-state index in [0.717, 1.165) is 5.69 Å². The van der Waals surface area contributed by atoms with Gasteiger partial charge in [0.15, 0.2) is 0 Å². The number of rotatable bonds is 3. The lowest BCUT2D eigenvalue weighted by Gasteiger charge is -2.41. The Morgan fingerprint density at radius 2 is 0.812 bits per heavy atom. The fourth-order valence-electron chi connectivity index (χ4n) is 12.7. The summed E-state index contributed by atoms with van der Waals surface area (Å²) in [7, 11) is 0. The SMILES string of the molecule is c1ccc(-c2cc(-c3ccccc3)cc(N3c4cc5cc6c7ccccc7c7ccccc7c6cc5cc4B4c5c3cc3ccccc3c5-c3cc5ccccc5c5c6ccccc6n4c35)c2)cc1. The van der Waals surface area contributed by atoms with Crippen molar-refractivity contribution in [1.29, 1.82) is 0 Å². The molecule has 2 aliphatic heterocycles. The van der Waals surface area contributed by atoms with Crippen molar-refractivity contribution in [3.63, 3.8) is 0 Å². The molecule has 0 spiro atoms. The van der Waals surface area contributed by atoms with Gasteiger partial charge in [0.05, 0.1) is 0 Å². The van der Waals surface area contributed by atoms with E-state index in [4.69, 9.17) is 0 Å². The highest BCUT2D eigenvalue weighted by atomic mass is 15.2. The van der Waals surface area contributed by atoms with Crippen LogP contribution in [0.4, 0.5) is 17.1 Å². The van der Waals surface area contributed by atoms with Crippen molar-refractivity contribution in [2.75, 3.05) is 4.90 Å². The van der Waals surface area contributed by atoms with Gasteiger partial charge in [-0.15, -0.1) is 0 Å². The van der Waals surface area contributed by atoms with Gasteiger partial charge < -0.3 is 9.38 Å². The van der Waals surface area contributed by atoms with Gasteiger partial charge in [0.2, 0.25) is 0 Å². The Labute approximate surface area is 398 Å². The molecular weight excluding hydrogens is 832 g/mol. The third-order valence-electron chi connectivity index (χ3n) is 15.6. The normalized spacial score (nSPS) is 12.9. The maximum absolute atomic E-state index is 2.72. The van der Waals surface area contributed by atoms with E-state index >= 15 is 0 Å². The third-order valence-corrected chi connectivity index (χ3v) is 15.6. The van der Waals surface area contributed by atoms with Crippen molar-refractivity contribution in [1.82, 2.24) is 4.48 Å². The molecule has 0 unspecified atom stereocenters. The second kappa shape index (κ2) is 13.8. The Balaban J connectivity index is 1.10. The van der Waals surface area contributed by atoms with Crippen LogP contribution in [-0.2, 0) is 0 Å². The van der Waals surface area contributed by atoms with Crippen molar-refractivity contribution in [2.24, 2.45) is 0 Å². The smallest absolute Gasteiger partial charge is 0.333 e. The van der Waals surface area contributed by atoms with E-state index in [2.05, 4.69) is 246 Å². The molecule has 2 nitrogen and oxygen atoms in total. The zero-order valence-corrected chi connectivity index (χ0v) is 37.5. The summed E-state index contributed by atoms with van der Waals surface area (Å²) < 4.78 is 2.72. The van der Waals surface area contributed by atoms with Gasteiger partial charge in [-0.2, -0.15) is 0 Å². The van der Waals surface area contributed by atoms with Crippen LogP contribution < -0.4 is 15.8 Å². The molecular formula is C66H39BN2. The van der Waals surface area contributed by atoms with E-state index in [0.29, 0.717) is 0 Å². The van der Waals surface area contributed by atoms with Gasteiger partial charge in [-0.25, -0.2) is 0 Å². The van der Waals surface area contributed by atoms with E-state index in [-0.39, 0.29) is 6.85 Å². The lowest BCUT2D eigenvalue weighted by molar-refractivity contribution is 1.26. The fourth-order valence-corrected chi connectivity index (χ4v) is 12.7. The van der Waals surface area contributed by atoms with Crippen LogP contribution in [0.3, 0.4) is 0 Å². The van der Waals surface area contributed by atoms with E-state index < -0.39 is 0 Å². The molecule has 316 valence electrons. The van der Waals surface area contributed by atoms with Crippen LogP contribution in [0.5, 0.6) is 0 Å². The number of para-hydroxylation sites is 1. The summed E-state index contributed by atoms with van der Waals surface area (Å²) in [5.74, 6) is 0. The molecule has 0 fully saturated rings. The van der Waals surface area contributed by atoms with Gasteiger partial charge >= 0.3 is 6.85 Å². The van der Waals surface area contributed by atoms with Gasteiger partial charge in [-0.3, -0.25) is 0 Å². The van der Waals surface area contributed by atoms with E-state index in [1.54, 1.807) is 0 Å². The molecule has 0 bridgehead atoms. The number of hydrogen-bond donors (Lipinski definition) is 0. The Morgan fingerprint density at radius 1 is 0.319 bits per heavy atom. The summed E-state index contributed by atoms with van der Waals surface area (Å²) in [5, 5.41) is 17.9. The molecule has 0 N–H and O–H groups in total. The first kappa shape index (κ1) is 37.2. The monoisotopic (exact) mass is 870 g/mol. The van der Waals surface area contributed by atoms with Crippen molar-refractivity contribution in [3.05, 3.63) is 237 Å². The molecule has 0 radical (unpaired) electrons. The first-order valence-corrected chi connectivity index (χ1v) is 24.1. The average molecular weight is 871 g/mol. The van der Waals surface area contributed by atoms with Crippen LogP contribution >= 0.6 is 0 Å². The molecule has 14 aromatic rings. The predicted molar refractivity (Wildman–Crippen MR) is 296 cm³/mol. The van der Waals surface area contributed by atoms with Crippen LogP contribution in [0, 0.1) is 0 Å². The summed E-state index contributed by atoms with van der Waals surface area (Å²) >= 11 is 0. The summed E-state index contributed by atoms with van der Waals surface area (Å²) in [6.45, 7) is -0.110. The fraction of sp³-hybridized carbons (Fsp3) is 0. The van der Waals surface area contributed by atoms with Crippen molar-refractivity contribution in [3.8, 4) is 33.4 Å². The number of fused-ring (bicyclic) bond motifs is 18. The van der Waals surface area contributed by atoms with Gasteiger partial charge in [0.25, 0.3) is 0 Å². The second-order valence-electron chi connectivity index (χ2n) is 19.1. The number of benzene rings is 13. The Kier molecular flexibility index (Phi) is 7.45. The molecule has 2 aliphatic rings. The topological polar surface area (TPSA) is 8.17 Å². The lowest BCUT2D eigenvalue weighted by Crippen LogP contribution is -2.56. The van der Waals surface area contributed by atoms with Crippen molar-refractivity contribution >= 4 is 121 Å². The van der Waals surface area contributed by atoms with Gasteiger partial charge in [-0.05, 0) is 158 Å². The van der Waals surface area contributed by atoms with E-state index in [1.807, 2.05) is 0 Å². The van der Waals surface area contributed by atoms with Gasteiger partial charge in [0.1, 0.15) is 0 Å². The number of nitrogens with zero attached hydrogens (tertiary/aromatic N) is 2. The highest BCUT2D eigenvalue weighted by Gasteiger charge is 2.44. The van der Waals surface area contributed by atoms with Gasteiger partial charge in [0, 0.05) is 44.4 Å². The predicted octanol–water partition coefficient (Wildman–Crippen LogP) is 16.5. The molecule has 0 amide bonds. The molecule has 0 atom stereocenters. The summed E-state index contributed by atoms with van der Waals surface area (Å²) in [6, 6.07) is 89.1. The third kappa shape index (κ3) is 5.11. The van der Waals surface area contributed by atoms with Crippen molar-refractivity contribution in [2.45, 2.75) is 0 Å². The summed E-state index contributed by atoms with van der Waals surface area (Å²) in [6.07, 6.45) is 0. The highest BCUT2D eigenvalue weighted by Crippen LogP contribution is 2.51. The number of hydrogen-bond acceptors (Lipinski definition) is 1. The van der Waals surface area contributed by atoms with Crippen LogP contribution in [0.15, 0.2) is 237 Å². The Bertz CT molecular complexity index is 4490. The number of aromatic nitrogens is 1. The van der Waals surface area contributed by atoms with Crippen molar-refractivity contribution < 1.29 is 0 Å². The first-order valence-electron chi connectivity index (χ1n) is 24.1.